The molecule has 1 heterocycles. The number of nitrogens with zero attached hydrogens (tertiary/aromatic N) is 2. The molecule has 2 rings (SSSR count). The number of ether oxygens (including phenoxy) is 1. The lowest BCUT2D eigenvalue weighted by Crippen LogP contribution is -2.49. The van der Waals surface area contributed by atoms with Gasteiger partial charge in [0.15, 0.2) is 0 Å². The van der Waals surface area contributed by atoms with Crippen molar-refractivity contribution in [1.82, 2.24) is 15.1 Å². The van der Waals surface area contributed by atoms with Gasteiger partial charge in [-0.05, 0) is 30.7 Å². The van der Waals surface area contributed by atoms with Crippen LogP contribution in [0.5, 0.6) is 5.75 Å². The number of hydrogen-bond donors (Lipinski definition) is 1. The van der Waals surface area contributed by atoms with E-state index in [9.17, 15) is 4.79 Å². The molecule has 1 aliphatic heterocycles. The van der Waals surface area contributed by atoms with E-state index in [-0.39, 0.29) is 11.9 Å². The molecule has 1 N–H and O–H groups in total. The fraction of sp³-hybridized carbons (Fsp3) is 0.650. The van der Waals surface area contributed by atoms with Gasteiger partial charge in [0.05, 0.1) is 13.2 Å². The van der Waals surface area contributed by atoms with Crippen LogP contribution in [0.4, 0.5) is 0 Å². The van der Waals surface area contributed by atoms with E-state index < -0.39 is 0 Å². The summed E-state index contributed by atoms with van der Waals surface area (Å²) in [6.07, 6.45) is 2.62. The van der Waals surface area contributed by atoms with Gasteiger partial charge in [0.25, 0.3) is 0 Å². The Morgan fingerprint density at radius 1 is 1.16 bits per heavy atom. The predicted octanol–water partition coefficient (Wildman–Crippen LogP) is 2.68. The molecule has 1 unspecified atom stereocenters. The maximum absolute atomic E-state index is 12.1. The predicted molar refractivity (Wildman–Crippen MR) is 102 cm³/mol. The zero-order chi connectivity index (χ0) is 18.1. The lowest BCUT2D eigenvalue weighted by molar-refractivity contribution is -0.121. The van der Waals surface area contributed by atoms with Gasteiger partial charge in [-0.2, -0.15) is 0 Å². The summed E-state index contributed by atoms with van der Waals surface area (Å²) < 4.78 is 5.28. The number of piperazine rings is 1. The van der Waals surface area contributed by atoms with E-state index in [1.165, 1.54) is 5.56 Å². The van der Waals surface area contributed by atoms with E-state index in [2.05, 4.69) is 41.1 Å². The molecule has 140 valence electrons. The Bertz CT molecular complexity index is 510. The number of amides is 1. The molecule has 0 saturated carbocycles. The lowest BCUT2D eigenvalue weighted by Gasteiger charge is -2.39. The number of nitrogens with one attached hydrogen (secondary N) is 1. The van der Waals surface area contributed by atoms with Gasteiger partial charge in [-0.25, -0.2) is 0 Å². The first-order valence-corrected chi connectivity index (χ1v) is 9.55. The van der Waals surface area contributed by atoms with E-state index in [1.54, 1.807) is 7.11 Å². The quantitative estimate of drug-likeness (QED) is 0.746. The van der Waals surface area contributed by atoms with Crippen LogP contribution in [0.15, 0.2) is 24.3 Å². The number of benzene rings is 1. The van der Waals surface area contributed by atoms with Crippen LogP contribution in [-0.2, 0) is 4.79 Å². The highest BCUT2D eigenvalue weighted by Crippen LogP contribution is 2.24. The average molecular weight is 348 g/mol. The topological polar surface area (TPSA) is 44.8 Å². The van der Waals surface area contributed by atoms with Crippen LogP contribution in [0.2, 0.25) is 0 Å². The van der Waals surface area contributed by atoms with Crippen LogP contribution >= 0.6 is 0 Å². The summed E-state index contributed by atoms with van der Waals surface area (Å²) in [5.41, 5.74) is 1.24. The van der Waals surface area contributed by atoms with Gasteiger partial charge in [0.1, 0.15) is 5.75 Å². The van der Waals surface area contributed by atoms with Crippen molar-refractivity contribution in [2.45, 2.75) is 39.2 Å². The largest absolute Gasteiger partial charge is 0.497 e. The molecule has 5 nitrogen and oxygen atoms in total. The summed E-state index contributed by atoms with van der Waals surface area (Å²) in [5.74, 6) is 1.03. The summed E-state index contributed by atoms with van der Waals surface area (Å²) in [7, 11) is 1.68. The Morgan fingerprint density at radius 3 is 2.40 bits per heavy atom. The van der Waals surface area contributed by atoms with Crippen molar-refractivity contribution in [3.05, 3.63) is 29.8 Å². The standard InChI is InChI=1S/C20H33N3O2/c1-4-6-7-20(24)21-16-19(17-8-10-18(25-3)11-9-17)23-14-12-22(5-2)13-15-23/h8-11,19H,4-7,12-16H2,1-3H3,(H,21,24). The van der Waals surface area contributed by atoms with Crippen molar-refractivity contribution in [3.8, 4) is 5.75 Å². The van der Waals surface area contributed by atoms with E-state index in [0.717, 1.165) is 51.3 Å². The summed E-state index contributed by atoms with van der Waals surface area (Å²) >= 11 is 0. The molecule has 1 aromatic rings. The first-order valence-electron chi connectivity index (χ1n) is 9.55. The zero-order valence-corrected chi connectivity index (χ0v) is 16.0. The molecule has 1 aromatic carbocycles. The van der Waals surface area contributed by atoms with Gasteiger partial charge in [-0.15, -0.1) is 0 Å². The minimum absolute atomic E-state index is 0.160. The minimum atomic E-state index is 0.160. The van der Waals surface area contributed by atoms with Crippen molar-refractivity contribution in [2.75, 3.05) is 46.4 Å². The summed E-state index contributed by atoms with van der Waals surface area (Å²) in [5, 5.41) is 3.14. The molecular weight excluding hydrogens is 314 g/mol. The summed E-state index contributed by atoms with van der Waals surface area (Å²) in [6, 6.07) is 8.46. The Balaban J connectivity index is 2.03. The number of likely N-dealkylation sites (N-methyl/N-ethyl adjacent to an activating group) is 1. The Labute approximate surface area is 152 Å². The van der Waals surface area contributed by atoms with E-state index in [4.69, 9.17) is 4.74 Å². The fourth-order valence-electron chi connectivity index (χ4n) is 3.31. The second-order valence-electron chi connectivity index (χ2n) is 6.67. The summed E-state index contributed by atoms with van der Waals surface area (Å²) in [6.45, 7) is 10.4. The maximum Gasteiger partial charge on any atom is 0.220 e. The normalized spacial score (nSPS) is 17.2. The SMILES string of the molecule is CCCCC(=O)NCC(c1ccc(OC)cc1)N1CCN(CC)CC1. The van der Waals surface area contributed by atoms with Crippen LogP contribution in [-0.4, -0.2) is 62.1 Å². The van der Waals surface area contributed by atoms with Gasteiger partial charge in [0.2, 0.25) is 5.91 Å². The Kier molecular flexibility index (Phi) is 8.22. The highest BCUT2D eigenvalue weighted by atomic mass is 16.5. The average Bonchev–Trinajstić information content (AvgIpc) is 2.67. The summed E-state index contributed by atoms with van der Waals surface area (Å²) in [4.78, 5) is 17.0. The van der Waals surface area contributed by atoms with Gasteiger partial charge in [0, 0.05) is 39.1 Å². The number of carbonyl (C=O) groups is 1. The molecule has 1 amide bonds. The van der Waals surface area contributed by atoms with Crippen LogP contribution in [0, 0.1) is 0 Å². The van der Waals surface area contributed by atoms with Crippen molar-refractivity contribution < 1.29 is 9.53 Å². The molecule has 1 saturated heterocycles. The molecule has 1 fully saturated rings. The molecule has 1 atom stereocenters. The first-order chi connectivity index (χ1) is 12.2. The molecule has 0 aliphatic carbocycles. The fourth-order valence-corrected chi connectivity index (χ4v) is 3.31. The van der Waals surface area contributed by atoms with Gasteiger partial charge in [-0.3, -0.25) is 9.69 Å². The molecule has 0 spiro atoms. The first kappa shape index (κ1) is 19.7. The van der Waals surface area contributed by atoms with Crippen molar-refractivity contribution >= 4 is 5.91 Å². The van der Waals surface area contributed by atoms with E-state index in [1.807, 2.05) is 12.1 Å². The van der Waals surface area contributed by atoms with Gasteiger partial charge >= 0.3 is 0 Å². The maximum atomic E-state index is 12.1. The molecule has 0 bridgehead atoms. The van der Waals surface area contributed by atoms with Gasteiger partial charge in [-0.1, -0.05) is 32.4 Å². The molecule has 5 heteroatoms. The van der Waals surface area contributed by atoms with E-state index >= 15 is 0 Å². The molecular formula is C20H33N3O2. The van der Waals surface area contributed by atoms with Crippen LogP contribution in [0.3, 0.4) is 0 Å². The van der Waals surface area contributed by atoms with Crippen LogP contribution < -0.4 is 10.1 Å². The Morgan fingerprint density at radius 2 is 1.84 bits per heavy atom. The highest BCUT2D eigenvalue weighted by Gasteiger charge is 2.25. The molecule has 25 heavy (non-hydrogen) atoms. The number of unbranched alkanes of at least 4 members (excludes halogenated alkanes) is 1. The number of carbonyl (C=O) groups excluding carboxylic acids is 1. The third-order valence-corrected chi connectivity index (χ3v) is 5.05. The second-order valence-corrected chi connectivity index (χ2v) is 6.67. The van der Waals surface area contributed by atoms with Crippen molar-refractivity contribution in [3.63, 3.8) is 0 Å². The van der Waals surface area contributed by atoms with Crippen molar-refractivity contribution in [2.24, 2.45) is 0 Å². The zero-order valence-electron chi connectivity index (χ0n) is 16.0. The van der Waals surface area contributed by atoms with Gasteiger partial charge < -0.3 is 15.0 Å². The second kappa shape index (κ2) is 10.4. The molecule has 0 radical (unpaired) electrons. The van der Waals surface area contributed by atoms with Crippen molar-refractivity contribution in [1.29, 1.82) is 0 Å². The number of hydrogen-bond acceptors (Lipinski definition) is 4. The smallest absolute Gasteiger partial charge is 0.220 e. The molecule has 0 aromatic heterocycles. The Hall–Kier alpha value is -1.59. The van der Waals surface area contributed by atoms with Crippen LogP contribution in [0.1, 0.15) is 44.7 Å². The number of rotatable bonds is 9. The monoisotopic (exact) mass is 347 g/mol. The highest BCUT2D eigenvalue weighted by molar-refractivity contribution is 5.75. The number of methoxy groups -OCH3 is 1. The minimum Gasteiger partial charge on any atom is -0.497 e. The third-order valence-electron chi connectivity index (χ3n) is 5.05. The lowest BCUT2D eigenvalue weighted by atomic mass is 10.0. The van der Waals surface area contributed by atoms with E-state index in [0.29, 0.717) is 13.0 Å². The third kappa shape index (κ3) is 6.01. The van der Waals surface area contributed by atoms with Crippen LogP contribution in [0.25, 0.3) is 0 Å². The molecule has 1 aliphatic rings.